The Balaban J connectivity index is 3.42. The summed E-state index contributed by atoms with van der Waals surface area (Å²) >= 11 is 0. The van der Waals surface area contributed by atoms with E-state index < -0.39 is 21.9 Å². The molecule has 0 spiro atoms. The summed E-state index contributed by atoms with van der Waals surface area (Å²) < 4.78 is 39.3. The van der Waals surface area contributed by atoms with Gasteiger partial charge in [-0.2, -0.15) is 4.31 Å². The lowest BCUT2D eigenvalue weighted by molar-refractivity contribution is 0.171. The van der Waals surface area contributed by atoms with Gasteiger partial charge in [-0.1, -0.05) is 0 Å². The molecule has 0 aromatic heterocycles. The number of hydrogen-bond acceptors (Lipinski definition) is 4. The molecule has 1 rings (SSSR count). The molecule has 0 fully saturated rings. The van der Waals surface area contributed by atoms with Gasteiger partial charge in [0.1, 0.15) is 5.82 Å². The zero-order chi connectivity index (χ0) is 15.0. The van der Waals surface area contributed by atoms with Gasteiger partial charge in [0, 0.05) is 13.6 Å². The summed E-state index contributed by atoms with van der Waals surface area (Å²) in [5.74, 6) is -0.632. The Morgan fingerprint density at radius 3 is 2.47 bits per heavy atom. The average Bonchev–Trinajstić information content (AvgIpc) is 2.24. The van der Waals surface area contributed by atoms with Crippen LogP contribution in [0, 0.1) is 19.7 Å². The van der Waals surface area contributed by atoms with Crippen LogP contribution in [-0.2, 0) is 10.0 Å². The van der Waals surface area contributed by atoms with Crippen LogP contribution in [-0.4, -0.2) is 37.5 Å². The van der Waals surface area contributed by atoms with Gasteiger partial charge >= 0.3 is 0 Å². The second-order valence-electron chi connectivity index (χ2n) is 4.68. The van der Waals surface area contributed by atoms with Crippen molar-refractivity contribution in [2.45, 2.75) is 31.8 Å². The van der Waals surface area contributed by atoms with Crippen LogP contribution in [0.5, 0.6) is 0 Å². The second kappa shape index (κ2) is 5.44. The Labute approximate surface area is 112 Å². The minimum Gasteiger partial charge on any atom is -0.396 e. The maximum Gasteiger partial charge on any atom is 0.243 e. The fraction of sp³-hybridized carbons (Fsp3) is 0.500. The van der Waals surface area contributed by atoms with Gasteiger partial charge < -0.3 is 10.8 Å². The minimum absolute atomic E-state index is 0.00505. The lowest BCUT2D eigenvalue weighted by Gasteiger charge is -2.22. The van der Waals surface area contributed by atoms with E-state index >= 15 is 0 Å². The van der Waals surface area contributed by atoms with E-state index in [1.165, 1.54) is 27.8 Å². The molecule has 0 amide bonds. The van der Waals surface area contributed by atoms with Crippen LogP contribution < -0.4 is 5.73 Å². The van der Waals surface area contributed by atoms with Gasteiger partial charge in [0.2, 0.25) is 10.0 Å². The molecule has 0 radical (unpaired) electrons. The molecule has 108 valence electrons. The summed E-state index contributed by atoms with van der Waals surface area (Å²) in [6, 6.07) is 1.10. The topological polar surface area (TPSA) is 83.6 Å². The summed E-state index contributed by atoms with van der Waals surface area (Å²) in [7, 11) is -2.45. The summed E-state index contributed by atoms with van der Waals surface area (Å²) in [6.07, 6.45) is -0.793. The number of nitrogen functional groups attached to an aromatic ring is 1. The molecule has 1 aromatic carbocycles. The first-order valence-corrected chi connectivity index (χ1v) is 7.22. The van der Waals surface area contributed by atoms with E-state index in [9.17, 15) is 17.9 Å². The fourth-order valence-corrected chi connectivity index (χ4v) is 3.64. The van der Waals surface area contributed by atoms with Crippen LogP contribution in [0.15, 0.2) is 11.0 Å². The molecule has 1 aromatic rings. The highest BCUT2D eigenvalue weighted by Crippen LogP contribution is 2.29. The van der Waals surface area contributed by atoms with Gasteiger partial charge in [-0.05, 0) is 38.0 Å². The maximum atomic E-state index is 13.4. The second-order valence-corrected chi connectivity index (χ2v) is 6.66. The van der Waals surface area contributed by atoms with Crippen molar-refractivity contribution in [3.63, 3.8) is 0 Å². The Bertz CT molecular complexity index is 585. The van der Waals surface area contributed by atoms with Crippen LogP contribution in [0.4, 0.5) is 10.1 Å². The molecule has 7 heteroatoms. The summed E-state index contributed by atoms with van der Waals surface area (Å²) in [5, 5.41) is 9.28. The lowest BCUT2D eigenvalue weighted by Crippen LogP contribution is -2.34. The van der Waals surface area contributed by atoms with E-state index in [-0.39, 0.29) is 22.7 Å². The predicted octanol–water partition coefficient (Wildman–Crippen LogP) is 1.03. The molecule has 0 heterocycles. The Morgan fingerprint density at radius 1 is 1.47 bits per heavy atom. The third-order valence-electron chi connectivity index (χ3n) is 2.89. The highest BCUT2D eigenvalue weighted by Gasteiger charge is 2.27. The third kappa shape index (κ3) is 3.05. The first kappa shape index (κ1) is 15.9. The van der Waals surface area contributed by atoms with Gasteiger partial charge in [-0.15, -0.1) is 0 Å². The molecule has 3 N–H and O–H groups in total. The molecular weight excluding hydrogens is 271 g/mol. The van der Waals surface area contributed by atoms with Gasteiger partial charge in [-0.25, -0.2) is 12.8 Å². The van der Waals surface area contributed by atoms with Gasteiger partial charge in [-0.3, -0.25) is 0 Å². The first-order chi connectivity index (χ1) is 8.59. The zero-order valence-electron chi connectivity index (χ0n) is 11.4. The van der Waals surface area contributed by atoms with Crippen LogP contribution in [0.2, 0.25) is 0 Å². The highest BCUT2D eigenvalue weighted by atomic mass is 32.2. The molecular formula is C12H19FN2O3S. The van der Waals surface area contributed by atoms with Crippen LogP contribution in [0.1, 0.15) is 18.1 Å². The van der Waals surface area contributed by atoms with Crippen molar-refractivity contribution in [1.29, 1.82) is 0 Å². The van der Waals surface area contributed by atoms with Crippen molar-refractivity contribution in [2.24, 2.45) is 0 Å². The standard InChI is InChI=1S/C12H19FN2O3S/c1-7-5-10(13)11(14)9(3)12(7)19(17,18)15(4)6-8(2)16/h5,8,16H,6,14H2,1-4H3. The van der Waals surface area contributed by atoms with E-state index in [0.29, 0.717) is 5.56 Å². The Kier molecular flexibility index (Phi) is 4.54. The molecule has 0 aliphatic heterocycles. The van der Waals surface area contributed by atoms with Crippen LogP contribution in [0.25, 0.3) is 0 Å². The van der Waals surface area contributed by atoms with E-state index in [4.69, 9.17) is 5.73 Å². The highest BCUT2D eigenvalue weighted by molar-refractivity contribution is 7.89. The number of nitrogens with two attached hydrogens (primary N) is 1. The number of hydrogen-bond donors (Lipinski definition) is 2. The number of nitrogens with zero attached hydrogens (tertiary/aromatic N) is 1. The number of aliphatic hydroxyl groups excluding tert-OH is 1. The Morgan fingerprint density at radius 2 is 2.00 bits per heavy atom. The van der Waals surface area contributed by atoms with Crippen molar-refractivity contribution in [2.75, 3.05) is 19.3 Å². The minimum atomic E-state index is -3.81. The van der Waals surface area contributed by atoms with Gasteiger partial charge in [0.25, 0.3) is 0 Å². The number of benzene rings is 1. The fourth-order valence-electron chi connectivity index (χ4n) is 1.95. The molecule has 0 aliphatic carbocycles. The third-order valence-corrected chi connectivity index (χ3v) is 5.01. The van der Waals surface area contributed by atoms with Crippen molar-refractivity contribution in [3.8, 4) is 0 Å². The molecule has 5 nitrogen and oxygen atoms in total. The molecule has 0 saturated carbocycles. The molecule has 0 aliphatic rings. The van der Waals surface area contributed by atoms with Gasteiger partial charge in [0.15, 0.2) is 0 Å². The number of aryl methyl sites for hydroxylation is 1. The number of halogens is 1. The molecule has 1 atom stereocenters. The van der Waals surface area contributed by atoms with Crippen molar-refractivity contribution in [1.82, 2.24) is 4.31 Å². The number of anilines is 1. The monoisotopic (exact) mass is 290 g/mol. The number of rotatable bonds is 4. The summed E-state index contributed by atoms with van der Waals surface area (Å²) in [6.45, 7) is 4.43. The largest absolute Gasteiger partial charge is 0.396 e. The van der Waals surface area contributed by atoms with Crippen LogP contribution >= 0.6 is 0 Å². The maximum absolute atomic E-state index is 13.4. The van der Waals surface area contributed by atoms with E-state index in [1.54, 1.807) is 0 Å². The average molecular weight is 290 g/mol. The van der Waals surface area contributed by atoms with Crippen LogP contribution in [0.3, 0.4) is 0 Å². The van der Waals surface area contributed by atoms with E-state index in [1.807, 2.05) is 0 Å². The quantitative estimate of drug-likeness (QED) is 0.811. The number of likely N-dealkylation sites (N-methyl/N-ethyl adjacent to an activating group) is 1. The first-order valence-electron chi connectivity index (χ1n) is 5.78. The number of sulfonamides is 1. The van der Waals surface area contributed by atoms with Crippen molar-refractivity contribution >= 4 is 15.7 Å². The number of aliphatic hydroxyl groups is 1. The van der Waals surface area contributed by atoms with Crippen molar-refractivity contribution in [3.05, 3.63) is 23.0 Å². The smallest absolute Gasteiger partial charge is 0.243 e. The van der Waals surface area contributed by atoms with E-state index in [0.717, 1.165) is 10.4 Å². The zero-order valence-corrected chi connectivity index (χ0v) is 12.3. The SMILES string of the molecule is Cc1cc(F)c(N)c(C)c1S(=O)(=O)N(C)CC(C)O. The summed E-state index contributed by atoms with van der Waals surface area (Å²) in [5.41, 5.74) is 5.85. The molecule has 0 saturated heterocycles. The Hall–Kier alpha value is -1.18. The molecule has 0 bridgehead atoms. The predicted molar refractivity (Wildman–Crippen MR) is 71.8 cm³/mol. The summed E-state index contributed by atoms with van der Waals surface area (Å²) in [4.78, 5) is -0.00505. The molecule has 19 heavy (non-hydrogen) atoms. The molecule has 1 unspecified atom stereocenters. The van der Waals surface area contributed by atoms with Gasteiger partial charge in [0.05, 0.1) is 16.7 Å². The van der Waals surface area contributed by atoms with E-state index in [2.05, 4.69) is 0 Å². The van der Waals surface area contributed by atoms with Crippen molar-refractivity contribution < 1.29 is 17.9 Å². The lowest BCUT2D eigenvalue weighted by atomic mass is 10.1. The normalized spacial score (nSPS) is 13.8.